The van der Waals surface area contributed by atoms with E-state index in [1.807, 2.05) is 0 Å². The van der Waals surface area contributed by atoms with Crippen molar-refractivity contribution < 1.29 is 49.0 Å². The van der Waals surface area contributed by atoms with E-state index >= 15 is 0 Å². The van der Waals surface area contributed by atoms with E-state index < -0.39 is 49.4 Å². The highest BCUT2D eigenvalue weighted by Crippen LogP contribution is 2.22. The quantitative estimate of drug-likeness (QED) is 0.128. The van der Waals surface area contributed by atoms with Gasteiger partial charge >= 0.3 is 11.9 Å². The van der Waals surface area contributed by atoms with Crippen LogP contribution in [0.4, 0.5) is 0 Å². The van der Waals surface area contributed by atoms with Crippen LogP contribution in [0.5, 0.6) is 0 Å². The smallest absolute Gasteiger partial charge is 0.306 e. The van der Waals surface area contributed by atoms with E-state index in [1.54, 1.807) is 0 Å². The molecule has 1 aliphatic rings. The molecule has 1 heterocycles. The average molecular weight is 535 g/mol. The fraction of sp³-hybridized carbons (Fsp3) is 0.926. The van der Waals surface area contributed by atoms with E-state index in [4.69, 9.17) is 18.9 Å². The van der Waals surface area contributed by atoms with Gasteiger partial charge in [-0.2, -0.15) is 0 Å². The third-order valence-electron chi connectivity index (χ3n) is 6.49. The molecular formula is C27H50O10. The summed E-state index contributed by atoms with van der Waals surface area (Å²) < 4.78 is 21.6. The fourth-order valence-electron chi connectivity index (χ4n) is 4.13. The molecule has 1 rings (SSSR count). The minimum absolute atomic E-state index is 0.214. The molecule has 0 saturated carbocycles. The van der Waals surface area contributed by atoms with E-state index in [-0.39, 0.29) is 32.0 Å². The normalized spacial score (nSPS) is 24.5. The van der Waals surface area contributed by atoms with Crippen molar-refractivity contribution in [2.75, 3.05) is 19.8 Å². The summed E-state index contributed by atoms with van der Waals surface area (Å²) in [6, 6.07) is 0. The number of esters is 2. The van der Waals surface area contributed by atoms with Crippen molar-refractivity contribution in [1.29, 1.82) is 0 Å². The minimum Gasteiger partial charge on any atom is -0.462 e. The number of aliphatic hydroxyl groups excluding tert-OH is 4. The molecule has 1 fully saturated rings. The van der Waals surface area contributed by atoms with Gasteiger partial charge in [0.1, 0.15) is 31.0 Å². The molecule has 4 N–H and O–H groups in total. The molecule has 0 bridgehead atoms. The second-order valence-corrected chi connectivity index (χ2v) is 9.86. The van der Waals surface area contributed by atoms with Crippen LogP contribution in [-0.2, 0) is 28.5 Å². The van der Waals surface area contributed by atoms with Crippen molar-refractivity contribution in [3.8, 4) is 0 Å². The van der Waals surface area contributed by atoms with Crippen LogP contribution in [0.1, 0.15) is 104 Å². The summed E-state index contributed by atoms with van der Waals surface area (Å²) in [5.74, 6) is -0.833. The molecule has 0 unspecified atom stereocenters. The van der Waals surface area contributed by atoms with Gasteiger partial charge in [-0.15, -0.1) is 0 Å². The lowest BCUT2D eigenvalue weighted by molar-refractivity contribution is -0.305. The van der Waals surface area contributed by atoms with Crippen molar-refractivity contribution >= 4 is 11.9 Å². The molecule has 6 atom stereocenters. The molecule has 218 valence electrons. The number of aliphatic hydroxyl groups is 4. The van der Waals surface area contributed by atoms with Gasteiger partial charge in [0, 0.05) is 12.8 Å². The van der Waals surface area contributed by atoms with Crippen LogP contribution in [0.15, 0.2) is 0 Å². The van der Waals surface area contributed by atoms with E-state index in [9.17, 15) is 30.0 Å². The number of hydrogen-bond acceptors (Lipinski definition) is 10. The Balaban J connectivity index is 2.51. The molecule has 0 spiro atoms. The summed E-state index contributed by atoms with van der Waals surface area (Å²) in [7, 11) is 0. The molecule has 0 radical (unpaired) electrons. The number of unbranched alkanes of at least 4 members (excludes halogenated alkanes) is 10. The SMILES string of the molecule is CCCCCCCCCCC(=O)OC[C@H](CO[C@@H]1O[C@H](CO)[C@H](O)[C@H](O)[C@H]1O)OC(=O)CCCCCC. The van der Waals surface area contributed by atoms with Gasteiger partial charge in [0.15, 0.2) is 12.4 Å². The van der Waals surface area contributed by atoms with Crippen molar-refractivity contribution in [3.05, 3.63) is 0 Å². The summed E-state index contributed by atoms with van der Waals surface area (Å²) in [5.41, 5.74) is 0. The molecule has 0 aromatic carbocycles. The Morgan fingerprint density at radius 1 is 0.730 bits per heavy atom. The van der Waals surface area contributed by atoms with Crippen LogP contribution >= 0.6 is 0 Å². The predicted molar refractivity (Wildman–Crippen MR) is 137 cm³/mol. The molecule has 0 amide bonds. The third-order valence-corrected chi connectivity index (χ3v) is 6.49. The Morgan fingerprint density at radius 2 is 1.27 bits per heavy atom. The largest absolute Gasteiger partial charge is 0.462 e. The van der Waals surface area contributed by atoms with Crippen molar-refractivity contribution in [1.82, 2.24) is 0 Å². The monoisotopic (exact) mass is 534 g/mol. The number of ether oxygens (including phenoxy) is 4. The van der Waals surface area contributed by atoms with E-state index in [2.05, 4.69) is 13.8 Å². The van der Waals surface area contributed by atoms with Crippen LogP contribution in [0.2, 0.25) is 0 Å². The van der Waals surface area contributed by atoms with Gasteiger partial charge in [-0.1, -0.05) is 78.1 Å². The summed E-state index contributed by atoms with van der Waals surface area (Å²) in [5, 5.41) is 39.4. The Bertz CT molecular complexity index is 600. The zero-order valence-corrected chi connectivity index (χ0v) is 22.7. The maximum absolute atomic E-state index is 12.3. The van der Waals surface area contributed by atoms with Crippen LogP contribution in [0.25, 0.3) is 0 Å². The zero-order valence-electron chi connectivity index (χ0n) is 22.7. The van der Waals surface area contributed by atoms with Gasteiger partial charge in [-0.25, -0.2) is 0 Å². The van der Waals surface area contributed by atoms with Crippen molar-refractivity contribution in [3.63, 3.8) is 0 Å². The highest BCUT2D eigenvalue weighted by molar-refractivity contribution is 5.70. The molecule has 1 saturated heterocycles. The first-order valence-electron chi connectivity index (χ1n) is 14.1. The second-order valence-electron chi connectivity index (χ2n) is 9.86. The molecule has 10 heteroatoms. The van der Waals surface area contributed by atoms with Crippen molar-refractivity contribution in [2.45, 2.75) is 141 Å². The van der Waals surface area contributed by atoms with E-state index in [0.29, 0.717) is 6.42 Å². The predicted octanol–water partition coefficient (Wildman–Crippen LogP) is 2.76. The summed E-state index contributed by atoms with van der Waals surface area (Å²) >= 11 is 0. The number of carbonyl (C=O) groups excluding carboxylic acids is 2. The Morgan fingerprint density at radius 3 is 1.86 bits per heavy atom. The van der Waals surface area contributed by atoms with Gasteiger partial charge in [0.05, 0.1) is 13.2 Å². The topological polar surface area (TPSA) is 152 Å². The molecule has 0 aromatic rings. The van der Waals surface area contributed by atoms with Crippen LogP contribution in [-0.4, -0.2) is 89.0 Å². The molecule has 37 heavy (non-hydrogen) atoms. The minimum atomic E-state index is -1.58. The summed E-state index contributed by atoms with van der Waals surface area (Å²) in [6.07, 6.45) is 4.96. The Hall–Kier alpha value is -1.30. The molecule has 1 aliphatic heterocycles. The Kier molecular flexibility index (Phi) is 18.8. The number of hydrogen-bond donors (Lipinski definition) is 4. The van der Waals surface area contributed by atoms with Crippen molar-refractivity contribution in [2.24, 2.45) is 0 Å². The first-order valence-corrected chi connectivity index (χ1v) is 14.1. The number of carbonyl (C=O) groups is 2. The lowest BCUT2D eigenvalue weighted by Crippen LogP contribution is -2.59. The van der Waals surface area contributed by atoms with Gasteiger partial charge in [-0.05, 0) is 12.8 Å². The van der Waals surface area contributed by atoms with E-state index in [0.717, 1.165) is 38.5 Å². The van der Waals surface area contributed by atoms with Crippen LogP contribution < -0.4 is 0 Å². The van der Waals surface area contributed by atoms with E-state index in [1.165, 1.54) is 32.1 Å². The fourth-order valence-corrected chi connectivity index (χ4v) is 4.13. The summed E-state index contributed by atoms with van der Waals surface area (Å²) in [4.78, 5) is 24.5. The standard InChI is InChI=1S/C27H50O10/c1-3-5-7-9-10-11-12-14-15-22(29)34-18-20(36-23(30)16-13-8-6-4-2)19-35-27-26(33)25(32)24(31)21(17-28)37-27/h20-21,24-28,31-33H,3-19H2,1-2H3/t20-,21-,24+,25+,26-,27-/m1/s1. The molecule has 0 aromatic heterocycles. The van der Waals surface area contributed by atoms with Crippen LogP contribution in [0, 0.1) is 0 Å². The number of rotatable bonds is 21. The molecular weight excluding hydrogens is 484 g/mol. The maximum atomic E-state index is 12.3. The summed E-state index contributed by atoms with van der Waals surface area (Å²) in [6.45, 7) is 3.19. The van der Waals surface area contributed by atoms with Gasteiger partial charge < -0.3 is 39.4 Å². The molecule has 10 nitrogen and oxygen atoms in total. The second kappa shape index (κ2) is 20.6. The Labute approximate surface area is 221 Å². The van der Waals surface area contributed by atoms with Gasteiger partial charge in [0.2, 0.25) is 0 Å². The highest BCUT2D eigenvalue weighted by Gasteiger charge is 2.44. The first-order chi connectivity index (χ1) is 17.8. The maximum Gasteiger partial charge on any atom is 0.306 e. The van der Waals surface area contributed by atoms with Crippen LogP contribution in [0.3, 0.4) is 0 Å². The lowest BCUT2D eigenvalue weighted by Gasteiger charge is -2.39. The zero-order chi connectivity index (χ0) is 27.5. The highest BCUT2D eigenvalue weighted by atomic mass is 16.7. The van der Waals surface area contributed by atoms with Gasteiger partial charge in [0.25, 0.3) is 0 Å². The lowest BCUT2D eigenvalue weighted by atomic mass is 9.99. The molecule has 0 aliphatic carbocycles. The third kappa shape index (κ3) is 14.4. The first kappa shape index (κ1) is 33.7. The average Bonchev–Trinajstić information content (AvgIpc) is 2.89. The van der Waals surface area contributed by atoms with Gasteiger partial charge in [-0.3, -0.25) is 9.59 Å².